The third-order valence-electron chi connectivity index (χ3n) is 14.0. The molecule has 0 fully saturated rings. The minimum absolute atomic E-state index is 0.877. The molecule has 0 unspecified atom stereocenters. The van der Waals surface area contributed by atoms with E-state index in [1.165, 1.54) is 104 Å². The minimum Gasteiger partial charge on any atom is -0.455 e. The van der Waals surface area contributed by atoms with Crippen LogP contribution in [0.25, 0.3) is 137 Å². The van der Waals surface area contributed by atoms with E-state index in [1.807, 2.05) is 0 Å². The van der Waals surface area contributed by atoms with Gasteiger partial charge >= 0.3 is 0 Å². The van der Waals surface area contributed by atoms with E-state index in [2.05, 4.69) is 241 Å². The van der Waals surface area contributed by atoms with E-state index in [0.717, 1.165) is 33.2 Å². The van der Waals surface area contributed by atoms with Crippen molar-refractivity contribution in [3.05, 3.63) is 237 Å². The topological polar surface area (TPSA) is 18.1 Å². The average Bonchev–Trinajstić information content (AvgIpc) is 3.94. The van der Waals surface area contributed by atoms with Crippen molar-refractivity contribution >= 4 is 86.8 Å². The summed E-state index contributed by atoms with van der Waals surface area (Å²) in [6.07, 6.45) is 0. The second kappa shape index (κ2) is 14.4. The number of para-hydroxylation sites is 3. The van der Waals surface area contributed by atoms with Gasteiger partial charge in [0.25, 0.3) is 0 Å². The molecule has 66 heavy (non-hydrogen) atoms. The highest BCUT2D eigenvalue weighted by atomic mass is 16.3. The van der Waals surface area contributed by atoms with Crippen LogP contribution in [0.4, 0.5) is 0 Å². The van der Waals surface area contributed by atoms with Gasteiger partial charge in [0.15, 0.2) is 0 Å². The summed E-state index contributed by atoms with van der Waals surface area (Å²) in [4.78, 5) is 0. The Morgan fingerprint density at radius 3 is 1.23 bits per heavy atom. The summed E-state index contributed by atoms with van der Waals surface area (Å²) in [5, 5.41) is 14.4. The van der Waals surface area contributed by atoms with Crippen molar-refractivity contribution in [2.24, 2.45) is 0 Å². The fraction of sp³-hybridized carbons (Fsp3) is 0. The van der Waals surface area contributed by atoms with Crippen molar-refractivity contribution in [2.45, 2.75) is 0 Å². The lowest BCUT2D eigenvalue weighted by Gasteiger charge is -2.19. The standard InChI is InChI=1S/C64H39NO/c1-3-20-40(21-4-1)58-42-24-7-9-26-44(42)60(45-27-10-8-25-43(45)58)52-34-19-39-57-63(52)54-36-17-35-53(64(54)66-57)61-48-30-13-11-28-46(48)59(47-29-12-14-31-49(47)61)51-33-18-38-56-62(51)50-32-15-16-37-55(50)65(56)41-22-5-2-6-23-41/h1-39H. The van der Waals surface area contributed by atoms with Crippen LogP contribution in [0.2, 0.25) is 0 Å². The smallest absolute Gasteiger partial charge is 0.143 e. The highest BCUT2D eigenvalue weighted by Crippen LogP contribution is 2.51. The van der Waals surface area contributed by atoms with Crippen molar-refractivity contribution in [3.63, 3.8) is 0 Å². The van der Waals surface area contributed by atoms with E-state index < -0.39 is 0 Å². The van der Waals surface area contributed by atoms with Crippen molar-refractivity contribution < 1.29 is 4.42 Å². The van der Waals surface area contributed by atoms with E-state index in [4.69, 9.17) is 4.42 Å². The van der Waals surface area contributed by atoms with Crippen molar-refractivity contribution in [2.75, 3.05) is 0 Å². The van der Waals surface area contributed by atoms with Gasteiger partial charge in [0.05, 0.1) is 11.0 Å². The number of aromatic nitrogens is 1. The van der Waals surface area contributed by atoms with Gasteiger partial charge in [0.2, 0.25) is 0 Å². The average molecular weight is 838 g/mol. The molecular weight excluding hydrogens is 799 g/mol. The predicted molar refractivity (Wildman–Crippen MR) is 280 cm³/mol. The molecule has 0 saturated heterocycles. The summed E-state index contributed by atoms with van der Waals surface area (Å²) in [5.74, 6) is 0. The molecule has 0 amide bonds. The van der Waals surface area contributed by atoms with Crippen molar-refractivity contribution in [1.29, 1.82) is 0 Å². The number of hydrogen-bond acceptors (Lipinski definition) is 1. The molecule has 0 bridgehead atoms. The van der Waals surface area contributed by atoms with Crippen LogP contribution in [0.1, 0.15) is 0 Å². The molecule has 0 aliphatic carbocycles. The van der Waals surface area contributed by atoms with Crippen LogP contribution in [0.5, 0.6) is 0 Å². The number of rotatable bonds is 5. The van der Waals surface area contributed by atoms with Crippen molar-refractivity contribution in [1.82, 2.24) is 4.57 Å². The molecule has 0 radical (unpaired) electrons. The molecule has 0 aliphatic heterocycles. The molecule has 0 spiro atoms. The summed E-state index contributed by atoms with van der Waals surface area (Å²) in [5.41, 5.74) is 14.9. The summed E-state index contributed by atoms with van der Waals surface area (Å²) in [6.45, 7) is 0. The van der Waals surface area contributed by atoms with Crippen LogP contribution < -0.4 is 0 Å². The Bertz CT molecular complexity index is 4160. The molecule has 2 heteroatoms. The first kappa shape index (κ1) is 36.7. The van der Waals surface area contributed by atoms with Crippen LogP contribution in [0.3, 0.4) is 0 Å². The van der Waals surface area contributed by atoms with Crippen LogP contribution in [0, 0.1) is 0 Å². The maximum Gasteiger partial charge on any atom is 0.143 e. The number of nitrogens with zero attached hydrogens (tertiary/aromatic N) is 1. The van der Waals surface area contributed by atoms with Crippen LogP contribution >= 0.6 is 0 Å². The van der Waals surface area contributed by atoms with Gasteiger partial charge in [-0.15, -0.1) is 0 Å². The number of hydrogen-bond donors (Lipinski definition) is 0. The molecule has 2 heterocycles. The van der Waals surface area contributed by atoms with Gasteiger partial charge < -0.3 is 8.98 Å². The molecule has 0 N–H and O–H groups in total. The fourth-order valence-electron chi connectivity index (χ4n) is 11.4. The lowest BCUT2D eigenvalue weighted by atomic mass is 9.84. The molecule has 306 valence electrons. The second-order valence-electron chi connectivity index (χ2n) is 17.4. The van der Waals surface area contributed by atoms with Gasteiger partial charge in [0.1, 0.15) is 11.2 Å². The second-order valence-corrected chi connectivity index (χ2v) is 17.4. The van der Waals surface area contributed by atoms with Crippen LogP contribution in [-0.2, 0) is 0 Å². The number of furan rings is 1. The first-order chi connectivity index (χ1) is 32.8. The molecule has 0 aliphatic rings. The van der Waals surface area contributed by atoms with Gasteiger partial charge in [-0.1, -0.05) is 206 Å². The first-order valence-corrected chi connectivity index (χ1v) is 22.8. The maximum atomic E-state index is 7.18. The lowest BCUT2D eigenvalue weighted by Crippen LogP contribution is -1.94. The largest absolute Gasteiger partial charge is 0.455 e. The zero-order chi connectivity index (χ0) is 43.3. The monoisotopic (exact) mass is 837 g/mol. The van der Waals surface area contributed by atoms with Gasteiger partial charge in [-0.05, 0) is 107 Å². The Hall–Kier alpha value is -8.72. The van der Waals surface area contributed by atoms with E-state index in [-0.39, 0.29) is 0 Å². The third-order valence-corrected chi connectivity index (χ3v) is 14.0. The van der Waals surface area contributed by atoms with Crippen LogP contribution in [-0.4, -0.2) is 4.57 Å². The van der Waals surface area contributed by atoms with E-state index in [0.29, 0.717) is 0 Å². The Morgan fingerprint density at radius 2 is 0.652 bits per heavy atom. The summed E-state index contributed by atoms with van der Waals surface area (Å²) in [7, 11) is 0. The lowest BCUT2D eigenvalue weighted by molar-refractivity contribution is 0.670. The molecule has 12 aromatic carbocycles. The first-order valence-electron chi connectivity index (χ1n) is 22.8. The van der Waals surface area contributed by atoms with Gasteiger partial charge in [-0.2, -0.15) is 0 Å². The van der Waals surface area contributed by atoms with E-state index in [9.17, 15) is 0 Å². The zero-order valence-electron chi connectivity index (χ0n) is 35.9. The zero-order valence-corrected chi connectivity index (χ0v) is 35.9. The molecule has 0 saturated carbocycles. The van der Waals surface area contributed by atoms with E-state index >= 15 is 0 Å². The molecule has 2 nitrogen and oxygen atoms in total. The molecule has 14 aromatic rings. The minimum atomic E-state index is 0.877. The van der Waals surface area contributed by atoms with Gasteiger partial charge in [-0.3, -0.25) is 0 Å². The van der Waals surface area contributed by atoms with Crippen molar-refractivity contribution in [3.8, 4) is 50.2 Å². The van der Waals surface area contributed by atoms with Gasteiger partial charge in [0, 0.05) is 38.4 Å². The van der Waals surface area contributed by atoms with Crippen LogP contribution in [0.15, 0.2) is 241 Å². The Labute approximate surface area is 380 Å². The summed E-state index contributed by atoms with van der Waals surface area (Å²) >= 11 is 0. The molecular formula is C64H39NO. The SMILES string of the molecule is c1ccc(-c2c3ccccc3c(-c3cccc4oc5c(-c6c7ccccc7c(-c7cccc8c7c7ccccc7n8-c7ccccc7)c7ccccc67)cccc5c34)c3ccccc23)cc1. The molecule has 2 aromatic heterocycles. The highest BCUT2D eigenvalue weighted by molar-refractivity contribution is 6.30. The Kier molecular flexibility index (Phi) is 8.02. The number of fused-ring (bicyclic) bond motifs is 10. The quantitative estimate of drug-likeness (QED) is 0.158. The number of benzene rings is 12. The third kappa shape index (κ3) is 5.24. The maximum absolute atomic E-state index is 7.18. The highest BCUT2D eigenvalue weighted by Gasteiger charge is 2.25. The normalized spacial score (nSPS) is 11.9. The van der Waals surface area contributed by atoms with E-state index in [1.54, 1.807) is 0 Å². The molecule has 0 atom stereocenters. The Morgan fingerprint density at radius 1 is 0.258 bits per heavy atom. The summed E-state index contributed by atoms with van der Waals surface area (Å²) in [6, 6.07) is 86.2. The summed E-state index contributed by atoms with van der Waals surface area (Å²) < 4.78 is 9.59. The van der Waals surface area contributed by atoms with Gasteiger partial charge in [-0.25, -0.2) is 0 Å². The Balaban J connectivity index is 1.05. The fourth-order valence-corrected chi connectivity index (χ4v) is 11.4. The molecule has 14 rings (SSSR count). The predicted octanol–water partition coefficient (Wildman–Crippen LogP) is 18.0.